The molecule has 0 spiro atoms. The number of nitrogens with one attached hydrogen (secondary N) is 1. The van der Waals surface area contributed by atoms with Crippen LogP contribution in [0.2, 0.25) is 0 Å². The van der Waals surface area contributed by atoms with Crippen molar-refractivity contribution in [2.45, 2.75) is 25.4 Å². The zero-order valence-electron chi connectivity index (χ0n) is 13.8. The quantitative estimate of drug-likeness (QED) is 0.739. The van der Waals surface area contributed by atoms with Gasteiger partial charge in [-0.3, -0.25) is 9.59 Å². The average Bonchev–Trinajstić information content (AvgIpc) is 3.45. The summed E-state index contributed by atoms with van der Waals surface area (Å²) < 4.78 is 9.51. The summed E-state index contributed by atoms with van der Waals surface area (Å²) in [5.41, 5.74) is 0.967. The highest BCUT2D eigenvalue weighted by molar-refractivity contribution is 7.14. The normalized spacial score (nSPS) is 16.8. The molecule has 8 nitrogen and oxygen atoms in total. The minimum absolute atomic E-state index is 0.0405. The predicted octanol–water partition coefficient (Wildman–Crippen LogP) is 2.63. The second kappa shape index (κ2) is 7.12. The molecule has 0 bridgehead atoms. The summed E-state index contributed by atoms with van der Waals surface area (Å²) in [5, 5.41) is 10.3. The molecule has 0 aromatic carbocycles. The van der Waals surface area contributed by atoms with Gasteiger partial charge in [0.2, 0.25) is 0 Å². The summed E-state index contributed by atoms with van der Waals surface area (Å²) >= 11 is 1.40. The maximum absolute atomic E-state index is 12.6. The van der Waals surface area contributed by atoms with Crippen molar-refractivity contribution in [3.63, 3.8) is 0 Å². The molecule has 1 saturated heterocycles. The Balaban J connectivity index is 1.44. The molecule has 1 N–H and O–H groups in total. The number of hydrogen-bond acceptors (Lipinski definition) is 7. The highest BCUT2D eigenvalue weighted by atomic mass is 32.1. The van der Waals surface area contributed by atoms with Crippen molar-refractivity contribution in [3.05, 3.63) is 57.9 Å². The molecule has 3 aromatic heterocycles. The lowest BCUT2D eigenvalue weighted by Gasteiger charge is -2.22. The van der Waals surface area contributed by atoms with Gasteiger partial charge in [-0.15, -0.1) is 11.3 Å². The molecule has 1 aliphatic rings. The molecule has 1 atom stereocenters. The molecule has 1 unspecified atom stereocenters. The largest absolute Gasteiger partial charge is 0.364 e. The summed E-state index contributed by atoms with van der Waals surface area (Å²) in [6.45, 7) is 0.977. The van der Waals surface area contributed by atoms with Crippen molar-refractivity contribution in [1.29, 1.82) is 0 Å². The maximum Gasteiger partial charge on any atom is 0.276 e. The molecule has 0 saturated carbocycles. The molecule has 3 aromatic rings. The molecule has 4 rings (SSSR count). The molecule has 0 radical (unpaired) electrons. The lowest BCUT2D eigenvalue weighted by Crippen LogP contribution is -2.30. The Labute approximate surface area is 152 Å². The number of amides is 2. The van der Waals surface area contributed by atoms with Crippen LogP contribution in [-0.2, 0) is 6.54 Å². The SMILES string of the molecule is O=C(NCc1ccon1)c1ccc(C2CCCN2C(=O)c2ccon2)s1. The van der Waals surface area contributed by atoms with E-state index in [1.165, 1.54) is 23.9 Å². The Morgan fingerprint density at radius 2 is 2.04 bits per heavy atom. The molecule has 0 aliphatic carbocycles. The van der Waals surface area contributed by atoms with Crippen LogP contribution in [0.1, 0.15) is 49.6 Å². The zero-order valence-corrected chi connectivity index (χ0v) is 14.6. The Hall–Kier alpha value is -2.94. The highest BCUT2D eigenvalue weighted by Gasteiger charge is 2.33. The monoisotopic (exact) mass is 372 g/mol. The van der Waals surface area contributed by atoms with Crippen molar-refractivity contribution in [1.82, 2.24) is 20.5 Å². The minimum Gasteiger partial charge on any atom is -0.364 e. The first-order valence-corrected chi connectivity index (χ1v) is 9.02. The first kappa shape index (κ1) is 16.5. The van der Waals surface area contributed by atoms with Gasteiger partial charge in [0.25, 0.3) is 11.8 Å². The molecule has 4 heterocycles. The lowest BCUT2D eigenvalue weighted by atomic mass is 10.2. The number of rotatable bonds is 5. The third kappa shape index (κ3) is 3.25. The van der Waals surface area contributed by atoms with Crippen LogP contribution < -0.4 is 5.32 Å². The van der Waals surface area contributed by atoms with Crippen molar-refractivity contribution >= 4 is 23.2 Å². The van der Waals surface area contributed by atoms with Crippen LogP contribution in [0.5, 0.6) is 0 Å². The van der Waals surface area contributed by atoms with Gasteiger partial charge in [0.05, 0.1) is 17.5 Å². The van der Waals surface area contributed by atoms with Gasteiger partial charge in [-0.1, -0.05) is 10.3 Å². The zero-order chi connectivity index (χ0) is 17.9. The van der Waals surface area contributed by atoms with E-state index in [9.17, 15) is 9.59 Å². The van der Waals surface area contributed by atoms with Gasteiger partial charge in [0.15, 0.2) is 5.69 Å². The van der Waals surface area contributed by atoms with Gasteiger partial charge in [0.1, 0.15) is 18.2 Å². The van der Waals surface area contributed by atoms with Gasteiger partial charge in [-0.2, -0.15) is 0 Å². The van der Waals surface area contributed by atoms with E-state index in [1.54, 1.807) is 23.1 Å². The first-order valence-electron chi connectivity index (χ1n) is 8.21. The van der Waals surface area contributed by atoms with Crippen LogP contribution in [0.25, 0.3) is 0 Å². The van der Waals surface area contributed by atoms with E-state index in [2.05, 4.69) is 15.6 Å². The highest BCUT2D eigenvalue weighted by Crippen LogP contribution is 2.36. The summed E-state index contributed by atoms with van der Waals surface area (Å²) in [5.74, 6) is -0.316. The van der Waals surface area contributed by atoms with E-state index >= 15 is 0 Å². The van der Waals surface area contributed by atoms with E-state index < -0.39 is 0 Å². The molecular formula is C17H16N4O4S. The number of thiophene rings is 1. The van der Waals surface area contributed by atoms with Gasteiger partial charge >= 0.3 is 0 Å². The second-order valence-electron chi connectivity index (χ2n) is 5.92. The smallest absolute Gasteiger partial charge is 0.276 e. The fourth-order valence-electron chi connectivity index (χ4n) is 3.02. The van der Waals surface area contributed by atoms with Gasteiger partial charge in [0, 0.05) is 23.6 Å². The van der Waals surface area contributed by atoms with Crippen LogP contribution in [-0.4, -0.2) is 33.6 Å². The van der Waals surface area contributed by atoms with E-state index in [0.717, 1.165) is 17.7 Å². The Morgan fingerprint density at radius 3 is 2.81 bits per heavy atom. The summed E-state index contributed by atoms with van der Waals surface area (Å²) in [7, 11) is 0. The van der Waals surface area contributed by atoms with Crippen LogP contribution in [0.4, 0.5) is 0 Å². The van der Waals surface area contributed by atoms with E-state index in [1.807, 2.05) is 6.07 Å². The summed E-state index contributed by atoms with van der Waals surface area (Å²) in [4.78, 5) is 28.3. The number of nitrogens with zero attached hydrogens (tertiary/aromatic N) is 3. The fourth-order valence-corrected chi connectivity index (χ4v) is 4.09. The molecule has 134 valence electrons. The summed E-state index contributed by atoms with van der Waals surface area (Å²) in [6.07, 6.45) is 4.63. The molecule has 2 amide bonds. The van der Waals surface area contributed by atoms with E-state index in [4.69, 9.17) is 9.05 Å². The number of likely N-dealkylation sites (tertiary alicyclic amines) is 1. The Bertz CT molecular complexity index is 888. The maximum atomic E-state index is 12.6. The summed E-state index contributed by atoms with van der Waals surface area (Å²) in [6, 6.07) is 6.92. The number of aromatic nitrogens is 2. The molecule has 1 fully saturated rings. The number of carbonyl (C=O) groups is 2. The molecule has 9 heteroatoms. The van der Waals surface area contributed by atoms with Crippen LogP contribution in [0.3, 0.4) is 0 Å². The third-order valence-corrected chi connectivity index (χ3v) is 5.46. The lowest BCUT2D eigenvalue weighted by molar-refractivity contribution is 0.0727. The van der Waals surface area contributed by atoms with E-state index in [-0.39, 0.29) is 17.9 Å². The Morgan fingerprint density at radius 1 is 1.19 bits per heavy atom. The second-order valence-corrected chi connectivity index (χ2v) is 7.03. The van der Waals surface area contributed by atoms with Crippen molar-refractivity contribution in [3.8, 4) is 0 Å². The van der Waals surface area contributed by atoms with Crippen LogP contribution >= 0.6 is 11.3 Å². The fraction of sp³-hybridized carbons (Fsp3) is 0.294. The Kier molecular flexibility index (Phi) is 4.53. The van der Waals surface area contributed by atoms with Gasteiger partial charge < -0.3 is 19.3 Å². The first-order chi connectivity index (χ1) is 12.7. The van der Waals surface area contributed by atoms with Crippen LogP contribution in [0.15, 0.2) is 45.8 Å². The third-order valence-electron chi connectivity index (χ3n) is 4.27. The van der Waals surface area contributed by atoms with Crippen molar-refractivity contribution in [2.75, 3.05) is 6.54 Å². The topological polar surface area (TPSA) is 101 Å². The predicted molar refractivity (Wildman–Crippen MR) is 91.5 cm³/mol. The van der Waals surface area contributed by atoms with Gasteiger partial charge in [-0.05, 0) is 25.0 Å². The van der Waals surface area contributed by atoms with Gasteiger partial charge in [-0.25, -0.2) is 0 Å². The van der Waals surface area contributed by atoms with Crippen molar-refractivity contribution < 1.29 is 18.6 Å². The standard InChI is InChI=1S/C17H16N4O4S/c22-16(18-10-11-5-8-24-19-11)15-4-3-14(26-15)13-2-1-7-21(13)17(23)12-6-9-25-20-12/h3-6,8-9,13H,1-2,7,10H2,(H,18,22). The molecular weight excluding hydrogens is 356 g/mol. The number of hydrogen-bond donors (Lipinski definition) is 1. The van der Waals surface area contributed by atoms with Crippen molar-refractivity contribution in [2.24, 2.45) is 0 Å². The van der Waals surface area contributed by atoms with E-state index in [0.29, 0.717) is 29.4 Å². The average molecular weight is 372 g/mol. The number of carbonyl (C=O) groups excluding carboxylic acids is 2. The molecule has 26 heavy (non-hydrogen) atoms. The van der Waals surface area contributed by atoms with Crippen LogP contribution in [0, 0.1) is 0 Å². The minimum atomic E-state index is -0.170. The molecule has 1 aliphatic heterocycles.